The first-order valence-electron chi connectivity index (χ1n) is 10.1. The minimum atomic E-state index is 0.248. The lowest BCUT2D eigenvalue weighted by atomic mass is 9.66. The summed E-state index contributed by atoms with van der Waals surface area (Å²) in [6, 6.07) is 2.44. The molecule has 0 saturated carbocycles. The summed E-state index contributed by atoms with van der Waals surface area (Å²) >= 11 is 0. The van der Waals surface area contributed by atoms with Gasteiger partial charge in [-0.3, -0.25) is 0 Å². The Kier molecular flexibility index (Phi) is 5.71. The lowest BCUT2D eigenvalue weighted by molar-refractivity contribution is 0.301. The van der Waals surface area contributed by atoms with Crippen LogP contribution >= 0.6 is 0 Å². The Morgan fingerprint density at radius 3 is 2.12 bits per heavy atom. The van der Waals surface area contributed by atoms with E-state index in [0.29, 0.717) is 11.8 Å². The van der Waals surface area contributed by atoms with Gasteiger partial charge in [0.1, 0.15) is 0 Å². The summed E-state index contributed by atoms with van der Waals surface area (Å²) in [5.41, 5.74) is 12.4. The zero-order valence-corrected chi connectivity index (χ0v) is 18.2. The van der Waals surface area contributed by atoms with Crippen molar-refractivity contribution < 1.29 is 0 Å². The molecule has 0 heterocycles. The van der Waals surface area contributed by atoms with Gasteiger partial charge in [0.25, 0.3) is 0 Å². The standard InChI is InChI=1S/C25H38/c1-11-21-22(15(2)3)12-17(6)20(9)24(21)23-14-25(10,16(4)5)13-18(7)19(23)8/h12-13,15-16H,11,14H2,1-10H3. The van der Waals surface area contributed by atoms with Crippen molar-refractivity contribution in [3.63, 3.8) is 0 Å². The molecule has 0 radical (unpaired) electrons. The van der Waals surface area contributed by atoms with Gasteiger partial charge in [0.15, 0.2) is 0 Å². The van der Waals surface area contributed by atoms with E-state index in [1.807, 2.05) is 0 Å². The summed E-state index contributed by atoms with van der Waals surface area (Å²) in [5.74, 6) is 1.22. The molecule has 1 aliphatic carbocycles. The fourth-order valence-electron chi connectivity index (χ4n) is 4.35. The SMILES string of the molecule is CCc1c(C(C)C)cc(C)c(C)c1C1=C(C)C(C)=CC(C)(C(C)C)C1. The molecule has 1 aromatic rings. The van der Waals surface area contributed by atoms with Gasteiger partial charge in [-0.15, -0.1) is 0 Å². The number of allylic oxidation sites excluding steroid dienone is 4. The number of rotatable bonds is 4. The van der Waals surface area contributed by atoms with Crippen molar-refractivity contribution in [3.8, 4) is 0 Å². The van der Waals surface area contributed by atoms with Crippen LogP contribution in [-0.4, -0.2) is 0 Å². The van der Waals surface area contributed by atoms with Gasteiger partial charge < -0.3 is 0 Å². The van der Waals surface area contributed by atoms with Crippen molar-refractivity contribution in [2.75, 3.05) is 0 Å². The van der Waals surface area contributed by atoms with Crippen molar-refractivity contribution in [3.05, 3.63) is 51.1 Å². The number of aryl methyl sites for hydroxylation is 1. The first kappa shape index (κ1) is 20.0. The van der Waals surface area contributed by atoms with E-state index in [1.165, 1.54) is 22.3 Å². The fourth-order valence-corrected chi connectivity index (χ4v) is 4.35. The molecule has 0 nitrogen and oxygen atoms in total. The molecule has 1 aliphatic rings. The Hall–Kier alpha value is -1.30. The quantitative estimate of drug-likeness (QED) is 0.526. The molecule has 138 valence electrons. The third kappa shape index (κ3) is 3.50. The first-order chi connectivity index (χ1) is 11.5. The summed E-state index contributed by atoms with van der Waals surface area (Å²) in [6.45, 7) is 23.4. The molecular weight excluding hydrogens is 300 g/mol. The van der Waals surface area contributed by atoms with E-state index < -0.39 is 0 Å². The second kappa shape index (κ2) is 7.14. The van der Waals surface area contributed by atoms with E-state index in [2.05, 4.69) is 81.4 Å². The van der Waals surface area contributed by atoms with Crippen LogP contribution in [0.3, 0.4) is 0 Å². The maximum Gasteiger partial charge on any atom is -0.00771 e. The van der Waals surface area contributed by atoms with Crippen LogP contribution < -0.4 is 0 Å². The zero-order chi connectivity index (χ0) is 19.1. The van der Waals surface area contributed by atoms with Crippen LogP contribution in [-0.2, 0) is 6.42 Å². The van der Waals surface area contributed by atoms with E-state index >= 15 is 0 Å². The van der Waals surface area contributed by atoms with Gasteiger partial charge in [0.2, 0.25) is 0 Å². The van der Waals surface area contributed by atoms with Crippen LogP contribution in [0.1, 0.15) is 95.5 Å². The molecule has 2 rings (SSSR count). The second-order valence-corrected chi connectivity index (χ2v) is 9.04. The van der Waals surface area contributed by atoms with Crippen LogP contribution in [0, 0.1) is 25.2 Å². The first-order valence-corrected chi connectivity index (χ1v) is 10.1. The van der Waals surface area contributed by atoms with E-state index in [9.17, 15) is 0 Å². The van der Waals surface area contributed by atoms with Gasteiger partial charge in [-0.2, -0.15) is 0 Å². The molecule has 0 N–H and O–H groups in total. The predicted octanol–water partition coefficient (Wildman–Crippen LogP) is 7.78. The number of hydrogen-bond acceptors (Lipinski definition) is 0. The largest absolute Gasteiger partial charge is 0.0748 e. The minimum Gasteiger partial charge on any atom is -0.0748 e. The topological polar surface area (TPSA) is 0 Å². The van der Waals surface area contributed by atoms with E-state index in [4.69, 9.17) is 0 Å². The molecule has 25 heavy (non-hydrogen) atoms. The summed E-state index contributed by atoms with van der Waals surface area (Å²) < 4.78 is 0. The highest BCUT2D eigenvalue weighted by atomic mass is 14.4. The maximum atomic E-state index is 2.52. The average Bonchev–Trinajstić information content (AvgIpc) is 2.52. The number of hydrogen-bond donors (Lipinski definition) is 0. The highest BCUT2D eigenvalue weighted by molar-refractivity contribution is 5.79. The highest BCUT2D eigenvalue weighted by Gasteiger charge is 2.33. The highest BCUT2D eigenvalue weighted by Crippen LogP contribution is 2.48. The molecule has 0 aliphatic heterocycles. The van der Waals surface area contributed by atoms with Crippen LogP contribution in [0.2, 0.25) is 0 Å². The lowest BCUT2D eigenvalue weighted by Gasteiger charge is -2.38. The van der Waals surface area contributed by atoms with E-state index in [1.54, 1.807) is 22.3 Å². The predicted molar refractivity (Wildman–Crippen MR) is 113 cm³/mol. The molecule has 0 spiro atoms. The molecule has 0 amide bonds. The molecule has 0 bridgehead atoms. The van der Waals surface area contributed by atoms with Crippen molar-refractivity contribution in [1.29, 1.82) is 0 Å². The lowest BCUT2D eigenvalue weighted by Crippen LogP contribution is -2.25. The Labute approximate surface area is 156 Å². The van der Waals surface area contributed by atoms with Crippen LogP contribution in [0.15, 0.2) is 23.3 Å². The molecule has 0 saturated heterocycles. The van der Waals surface area contributed by atoms with Crippen molar-refractivity contribution >= 4 is 5.57 Å². The van der Waals surface area contributed by atoms with Gasteiger partial charge in [-0.25, -0.2) is 0 Å². The van der Waals surface area contributed by atoms with E-state index in [-0.39, 0.29) is 5.41 Å². The third-order valence-electron chi connectivity index (χ3n) is 6.73. The van der Waals surface area contributed by atoms with Crippen molar-refractivity contribution in [2.24, 2.45) is 11.3 Å². The molecule has 0 fully saturated rings. The van der Waals surface area contributed by atoms with Crippen molar-refractivity contribution in [2.45, 2.75) is 88.0 Å². The van der Waals surface area contributed by atoms with Gasteiger partial charge in [0, 0.05) is 0 Å². The smallest absolute Gasteiger partial charge is 0.00771 e. The minimum absolute atomic E-state index is 0.248. The monoisotopic (exact) mass is 338 g/mol. The molecule has 0 aromatic heterocycles. The second-order valence-electron chi connectivity index (χ2n) is 9.04. The zero-order valence-electron chi connectivity index (χ0n) is 18.2. The summed E-state index contributed by atoms with van der Waals surface area (Å²) in [7, 11) is 0. The van der Waals surface area contributed by atoms with Gasteiger partial charge in [-0.05, 0) is 96.8 Å². The fraction of sp³-hybridized carbons (Fsp3) is 0.600. The molecule has 1 unspecified atom stereocenters. The van der Waals surface area contributed by atoms with Crippen molar-refractivity contribution in [1.82, 2.24) is 0 Å². The maximum absolute atomic E-state index is 2.52. The molecular formula is C25H38. The van der Waals surface area contributed by atoms with E-state index in [0.717, 1.165) is 12.8 Å². The van der Waals surface area contributed by atoms with Gasteiger partial charge in [-0.1, -0.05) is 59.3 Å². The summed E-state index contributed by atoms with van der Waals surface area (Å²) in [5, 5.41) is 0. The Bertz CT molecular complexity index is 725. The summed E-state index contributed by atoms with van der Waals surface area (Å²) in [6.07, 6.45) is 4.79. The van der Waals surface area contributed by atoms with Crippen LogP contribution in [0.4, 0.5) is 0 Å². The van der Waals surface area contributed by atoms with Crippen LogP contribution in [0.25, 0.3) is 5.57 Å². The Morgan fingerprint density at radius 2 is 1.64 bits per heavy atom. The average molecular weight is 339 g/mol. The molecule has 1 atom stereocenters. The van der Waals surface area contributed by atoms with Gasteiger partial charge >= 0.3 is 0 Å². The summed E-state index contributed by atoms with van der Waals surface area (Å²) in [4.78, 5) is 0. The van der Waals surface area contributed by atoms with Crippen LogP contribution in [0.5, 0.6) is 0 Å². The third-order valence-corrected chi connectivity index (χ3v) is 6.73. The normalized spacial score (nSPS) is 21.4. The Balaban J connectivity index is 2.81. The Morgan fingerprint density at radius 1 is 1.04 bits per heavy atom. The van der Waals surface area contributed by atoms with Gasteiger partial charge in [0.05, 0.1) is 0 Å². The molecule has 0 heteroatoms. The number of benzene rings is 1. The molecule has 1 aromatic carbocycles.